The number of ketones is 1. The average molecular weight is 374 g/mol. The summed E-state index contributed by atoms with van der Waals surface area (Å²) in [5.41, 5.74) is 4.14. The van der Waals surface area contributed by atoms with Crippen LogP contribution in [0.5, 0.6) is 11.5 Å². The predicted molar refractivity (Wildman–Crippen MR) is 106 cm³/mol. The Bertz CT molecular complexity index is 1100. The molecular weight excluding hydrogens is 355 g/mol. The highest BCUT2D eigenvalue weighted by molar-refractivity contribution is 6.15. The highest BCUT2D eigenvalue weighted by Crippen LogP contribution is 2.37. The summed E-state index contributed by atoms with van der Waals surface area (Å²) in [7, 11) is 0. The molecule has 3 nitrogen and oxygen atoms in total. The molecule has 4 heteroatoms. The fraction of sp³-hybridized carbons (Fsp3) is 0.125. The number of allylic oxidation sites excluding steroid dienone is 1. The summed E-state index contributed by atoms with van der Waals surface area (Å²) >= 11 is 0. The number of benzene rings is 3. The van der Waals surface area contributed by atoms with E-state index in [0.29, 0.717) is 29.2 Å². The van der Waals surface area contributed by atoms with E-state index in [-0.39, 0.29) is 17.4 Å². The van der Waals surface area contributed by atoms with Crippen molar-refractivity contribution in [1.29, 1.82) is 0 Å². The van der Waals surface area contributed by atoms with Gasteiger partial charge in [-0.3, -0.25) is 4.79 Å². The maximum absolute atomic E-state index is 13.4. The number of carbonyl (C=O) groups excluding carboxylic acids is 1. The van der Waals surface area contributed by atoms with Gasteiger partial charge in [0.2, 0.25) is 5.78 Å². The molecule has 3 aromatic carbocycles. The summed E-state index contributed by atoms with van der Waals surface area (Å²) in [6, 6.07) is 17.6. The van der Waals surface area contributed by atoms with E-state index in [9.17, 15) is 9.18 Å². The fourth-order valence-electron chi connectivity index (χ4n) is 3.24. The topological polar surface area (TPSA) is 35.5 Å². The van der Waals surface area contributed by atoms with Crippen LogP contribution in [0.4, 0.5) is 4.39 Å². The highest BCUT2D eigenvalue weighted by Gasteiger charge is 2.30. The molecule has 1 heterocycles. The molecule has 28 heavy (non-hydrogen) atoms. The molecule has 0 radical (unpaired) electrons. The Hall–Kier alpha value is -3.40. The van der Waals surface area contributed by atoms with Crippen molar-refractivity contribution in [3.8, 4) is 11.5 Å². The number of halogens is 1. The first-order valence-electron chi connectivity index (χ1n) is 9.03. The smallest absolute Gasteiger partial charge is 0.232 e. The normalized spacial score (nSPS) is 14.1. The van der Waals surface area contributed by atoms with Crippen LogP contribution in [-0.4, -0.2) is 5.78 Å². The average Bonchev–Trinajstić information content (AvgIpc) is 2.97. The van der Waals surface area contributed by atoms with E-state index in [1.165, 1.54) is 12.1 Å². The molecule has 0 fully saturated rings. The van der Waals surface area contributed by atoms with Crippen LogP contribution in [0.1, 0.15) is 32.6 Å². The second-order valence-corrected chi connectivity index (χ2v) is 6.82. The number of fused-ring (bicyclic) bond motifs is 1. The molecule has 0 unspecified atom stereocenters. The van der Waals surface area contributed by atoms with Gasteiger partial charge < -0.3 is 9.47 Å². The molecule has 0 saturated heterocycles. The van der Waals surface area contributed by atoms with Gasteiger partial charge in [0, 0.05) is 6.07 Å². The van der Waals surface area contributed by atoms with E-state index < -0.39 is 0 Å². The third-order valence-electron chi connectivity index (χ3n) is 4.75. The van der Waals surface area contributed by atoms with Crippen LogP contribution < -0.4 is 9.47 Å². The second-order valence-electron chi connectivity index (χ2n) is 6.82. The molecule has 0 aromatic heterocycles. The lowest BCUT2D eigenvalue weighted by Crippen LogP contribution is -2.00. The first kappa shape index (κ1) is 18.0. The van der Waals surface area contributed by atoms with Gasteiger partial charge in [-0.1, -0.05) is 36.4 Å². The molecule has 1 aliphatic heterocycles. The van der Waals surface area contributed by atoms with Gasteiger partial charge in [0.15, 0.2) is 5.76 Å². The minimum absolute atomic E-state index is 0.180. The monoisotopic (exact) mass is 374 g/mol. The molecule has 0 saturated carbocycles. The summed E-state index contributed by atoms with van der Waals surface area (Å²) in [5, 5.41) is 0. The summed E-state index contributed by atoms with van der Waals surface area (Å²) in [5.74, 6) is 0.717. The van der Waals surface area contributed by atoms with Crippen LogP contribution in [0.25, 0.3) is 6.08 Å². The Morgan fingerprint density at radius 3 is 2.61 bits per heavy atom. The van der Waals surface area contributed by atoms with Crippen LogP contribution in [-0.2, 0) is 6.61 Å². The molecule has 4 rings (SSSR count). The molecule has 0 spiro atoms. The zero-order valence-corrected chi connectivity index (χ0v) is 15.7. The molecule has 0 N–H and O–H groups in total. The number of Topliss-reactive ketones (excluding diaryl/α,β-unsaturated/α-hetero) is 1. The summed E-state index contributed by atoms with van der Waals surface area (Å²) in [6.45, 7) is 4.33. The van der Waals surface area contributed by atoms with Crippen molar-refractivity contribution in [2.24, 2.45) is 0 Å². The Morgan fingerprint density at radius 2 is 1.82 bits per heavy atom. The van der Waals surface area contributed by atoms with Gasteiger partial charge in [-0.15, -0.1) is 0 Å². The highest BCUT2D eigenvalue weighted by atomic mass is 19.1. The van der Waals surface area contributed by atoms with Crippen molar-refractivity contribution in [2.45, 2.75) is 20.5 Å². The van der Waals surface area contributed by atoms with Crippen LogP contribution in [0.2, 0.25) is 0 Å². The minimum atomic E-state index is -0.361. The van der Waals surface area contributed by atoms with Crippen molar-refractivity contribution in [3.63, 3.8) is 0 Å². The van der Waals surface area contributed by atoms with Crippen molar-refractivity contribution in [2.75, 3.05) is 0 Å². The van der Waals surface area contributed by atoms with Crippen molar-refractivity contribution in [1.82, 2.24) is 0 Å². The fourth-order valence-corrected chi connectivity index (χ4v) is 3.24. The van der Waals surface area contributed by atoms with Crippen molar-refractivity contribution < 1.29 is 18.7 Å². The lowest BCUT2D eigenvalue weighted by Gasteiger charge is -2.10. The van der Waals surface area contributed by atoms with Crippen LogP contribution in [0.15, 0.2) is 66.4 Å². The largest absolute Gasteiger partial charge is 0.489 e. The van der Waals surface area contributed by atoms with E-state index in [2.05, 4.69) is 0 Å². The maximum Gasteiger partial charge on any atom is 0.232 e. The standard InChI is InChI=1S/C24H19FO3/c1-15-6-3-4-8-18(15)14-27-20-10-16(2)23-21(13-20)28-22(24(23)26)12-17-7-5-9-19(25)11-17/h3-13H,14H2,1-2H3/b22-12-. The molecule has 0 bridgehead atoms. The predicted octanol–water partition coefficient (Wildman–Crippen LogP) is 5.64. The SMILES string of the molecule is Cc1ccccc1COc1cc(C)c2c(c1)O/C(=C\c1cccc(F)c1)C2=O. The zero-order chi connectivity index (χ0) is 19.7. The molecular formula is C24H19FO3. The van der Waals surface area contributed by atoms with Crippen molar-refractivity contribution in [3.05, 3.63) is 100 Å². The Balaban J connectivity index is 1.58. The third-order valence-corrected chi connectivity index (χ3v) is 4.75. The minimum Gasteiger partial charge on any atom is -0.489 e. The first-order chi connectivity index (χ1) is 13.5. The second kappa shape index (κ2) is 7.31. The van der Waals surface area contributed by atoms with Gasteiger partial charge in [-0.2, -0.15) is 0 Å². The quantitative estimate of drug-likeness (QED) is 0.555. The lowest BCUT2D eigenvalue weighted by molar-refractivity contribution is 0.101. The van der Waals surface area contributed by atoms with E-state index in [1.807, 2.05) is 44.2 Å². The van der Waals surface area contributed by atoms with Gasteiger partial charge in [-0.05, 0) is 60.4 Å². The van der Waals surface area contributed by atoms with Gasteiger partial charge in [-0.25, -0.2) is 4.39 Å². The van der Waals surface area contributed by atoms with Crippen LogP contribution in [0, 0.1) is 19.7 Å². The lowest BCUT2D eigenvalue weighted by atomic mass is 10.0. The Labute approximate surface area is 163 Å². The number of aryl methyl sites for hydroxylation is 2. The molecule has 0 aliphatic carbocycles. The van der Waals surface area contributed by atoms with Crippen LogP contribution >= 0.6 is 0 Å². The Kier molecular flexibility index (Phi) is 4.70. The summed E-state index contributed by atoms with van der Waals surface area (Å²) in [6.07, 6.45) is 1.55. The maximum atomic E-state index is 13.4. The molecule has 0 amide bonds. The molecule has 1 aliphatic rings. The third kappa shape index (κ3) is 3.54. The van der Waals surface area contributed by atoms with E-state index in [1.54, 1.807) is 24.3 Å². The summed E-state index contributed by atoms with van der Waals surface area (Å²) < 4.78 is 25.1. The van der Waals surface area contributed by atoms with Crippen molar-refractivity contribution >= 4 is 11.9 Å². The number of hydrogen-bond acceptors (Lipinski definition) is 3. The van der Waals surface area contributed by atoms with E-state index in [4.69, 9.17) is 9.47 Å². The van der Waals surface area contributed by atoms with Gasteiger partial charge in [0.05, 0.1) is 5.56 Å². The van der Waals surface area contributed by atoms with Gasteiger partial charge in [0.25, 0.3) is 0 Å². The number of carbonyl (C=O) groups is 1. The molecule has 0 atom stereocenters. The zero-order valence-electron chi connectivity index (χ0n) is 15.7. The number of hydrogen-bond donors (Lipinski definition) is 0. The van der Waals surface area contributed by atoms with Gasteiger partial charge >= 0.3 is 0 Å². The number of rotatable bonds is 4. The molecule has 140 valence electrons. The molecule has 3 aromatic rings. The van der Waals surface area contributed by atoms with Crippen LogP contribution in [0.3, 0.4) is 0 Å². The number of ether oxygens (including phenoxy) is 2. The van der Waals surface area contributed by atoms with Gasteiger partial charge in [0.1, 0.15) is 23.9 Å². The summed E-state index contributed by atoms with van der Waals surface area (Å²) in [4.78, 5) is 12.7. The van der Waals surface area contributed by atoms with E-state index in [0.717, 1.165) is 16.7 Å². The van der Waals surface area contributed by atoms with E-state index >= 15 is 0 Å². The Morgan fingerprint density at radius 1 is 1.00 bits per heavy atom. The first-order valence-corrected chi connectivity index (χ1v) is 9.03.